The lowest BCUT2D eigenvalue weighted by Crippen LogP contribution is -2.01. The van der Waals surface area contributed by atoms with Crippen LogP contribution < -0.4 is 0 Å². The fourth-order valence-electron chi connectivity index (χ4n) is 4.80. The smallest absolute Gasteiger partial charge is 0.0518 e. The van der Waals surface area contributed by atoms with Gasteiger partial charge < -0.3 is 4.57 Å². The van der Waals surface area contributed by atoms with Crippen LogP contribution in [-0.2, 0) is 13.5 Å². The molecule has 2 aromatic carbocycles. The number of rotatable bonds is 10. The van der Waals surface area contributed by atoms with Crippen LogP contribution in [0.2, 0.25) is 0 Å². The van der Waals surface area contributed by atoms with E-state index in [0.717, 1.165) is 5.92 Å². The second-order valence-corrected chi connectivity index (χ2v) is 8.44. The first-order chi connectivity index (χ1) is 15.7. The summed E-state index contributed by atoms with van der Waals surface area (Å²) in [7, 11) is 2.19. The van der Waals surface area contributed by atoms with E-state index in [9.17, 15) is 0 Å². The van der Waals surface area contributed by atoms with E-state index in [-0.39, 0.29) is 1.43 Å². The van der Waals surface area contributed by atoms with Gasteiger partial charge in [-0.15, -0.1) is 0 Å². The molecule has 3 rings (SSSR count). The van der Waals surface area contributed by atoms with E-state index in [4.69, 9.17) is 0 Å². The summed E-state index contributed by atoms with van der Waals surface area (Å²) >= 11 is 0. The van der Waals surface area contributed by atoms with Crippen molar-refractivity contribution in [2.75, 3.05) is 0 Å². The lowest BCUT2D eigenvalue weighted by atomic mass is 9.91. The quantitative estimate of drug-likeness (QED) is 0.297. The number of hydrogen-bond donors (Lipinski definition) is 0. The number of benzene rings is 2. The minimum absolute atomic E-state index is 0. The summed E-state index contributed by atoms with van der Waals surface area (Å²) in [6.45, 7) is 14.9. The summed E-state index contributed by atoms with van der Waals surface area (Å²) in [6, 6.07) is 18.0. The van der Waals surface area contributed by atoms with E-state index in [1.165, 1.54) is 84.7 Å². The molecule has 180 valence electrons. The standard InChI is InChI=1S/C27H37N.2C2H6.H2/c1-5-7-13-22(12-6-2)14-10-15-23-16-11-17-24(20-23)27-21(3)25-18-8-9-19-26(25)28(27)4;2*1-2;/h8-9,11,16-20,22H,5-7,10,12-15H2,1-4H3;2*1-2H3;1H. The average Bonchev–Trinajstić information content (AvgIpc) is 3.10. The maximum atomic E-state index is 2.42. The van der Waals surface area contributed by atoms with Gasteiger partial charge in [0.2, 0.25) is 0 Å². The predicted octanol–water partition coefficient (Wildman–Crippen LogP) is 10.4. The molecular weight excluding hydrogens is 386 g/mol. The normalized spacial score (nSPS) is 11.4. The van der Waals surface area contributed by atoms with Crippen LogP contribution in [0.25, 0.3) is 22.2 Å². The van der Waals surface area contributed by atoms with Crippen LogP contribution in [0.1, 0.15) is 99.0 Å². The monoisotopic (exact) mass is 437 g/mol. The predicted molar refractivity (Wildman–Crippen MR) is 149 cm³/mol. The molecule has 0 fully saturated rings. The minimum Gasteiger partial charge on any atom is -0.343 e. The Morgan fingerprint density at radius 3 is 2.16 bits per heavy atom. The second-order valence-electron chi connectivity index (χ2n) is 8.44. The summed E-state index contributed by atoms with van der Waals surface area (Å²) in [6.07, 6.45) is 10.7. The first-order valence-electron chi connectivity index (χ1n) is 13.3. The van der Waals surface area contributed by atoms with Crippen LogP contribution in [0.4, 0.5) is 0 Å². The number of nitrogens with zero attached hydrogens (tertiary/aromatic N) is 1. The molecule has 0 saturated heterocycles. The molecule has 1 atom stereocenters. The zero-order valence-corrected chi connectivity index (χ0v) is 22.3. The molecule has 1 unspecified atom stereocenters. The third-order valence-electron chi connectivity index (χ3n) is 6.30. The SMILES string of the molecule is CC.CC.CCCCC(CCC)CCCc1cccc(-c2c(C)c3ccccc3n2C)c1.[HH]. The Bertz CT molecular complexity index is 854. The van der Waals surface area contributed by atoms with Gasteiger partial charge in [0.05, 0.1) is 5.69 Å². The van der Waals surface area contributed by atoms with Crippen LogP contribution in [0.3, 0.4) is 0 Å². The van der Waals surface area contributed by atoms with Crippen molar-refractivity contribution in [3.8, 4) is 11.3 Å². The van der Waals surface area contributed by atoms with E-state index in [0.29, 0.717) is 0 Å². The third-order valence-corrected chi connectivity index (χ3v) is 6.30. The van der Waals surface area contributed by atoms with E-state index in [2.05, 4.69) is 80.9 Å². The van der Waals surface area contributed by atoms with Crippen molar-refractivity contribution in [3.05, 3.63) is 59.7 Å². The van der Waals surface area contributed by atoms with E-state index in [1.807, 2.05) is 27.7 Å². The summed E-state index contributed by atoms with van der Waals surface area (Å²) in [5, 5.41) is 1.36. The number of para-hydroxylation sites is 1. The Kier molecular flexibility index (Phi) is 13.8. The zero-order chi connectivity index (χ0) is 23.9. The highest BCUT2D eigenvalue weighted by Gasteiger charge is 2.13. The van der Waals surface area contributed by atoms with Crippen LogP contribution >= 0.6 is 0 Å². The number of fused-ring (bicyclic) bond motifs is 1. The summed E-state index contributed by atoms with van der Waals surface area (Å²) in [5.74, 6) is 0.925. The minimum atomic E-state index is 0. The first kappa shape index (κ1) is 28.0. The summed E-state index contributed by atoms with van der Waals surface area (Å²) < 4.78 is 2.35. The molecule has 1 aromatic heterocycles. The number of aromatic nitrogens is 1. The molecule has 0 radical (unpaired) electrons. The fourth-order valence-corrected chi connectivity index (χ4v) is 4.80. The van der Waals surface area contributed by atoms with Crippen LogP contribution in [0.15, 0.2) is 48.5 Å². The van der Waals surface area contributed by atoms with Gasteiger partial charge >= 0.3 is 0 Å². The Labute approximate surface area is 200 Å². The van der Waals surface area contributed by atoms with Gasteiger partial charge in [0.25, 0.3) is 0 Å². The molecule has 32 heavy (non-hydrogen) atoms. The number of unbranched alkanes of at least 4 members (excludes halogenated alkanes) is 1. The molecule has 1 heteroatoms. The third kappa shape index (κ3) is 7.54. The van der Waals surface area contributed by atoms with E-state index >= 15 is 0 Å². The van der Waals surface area contributed by atoms with Gasteiger partial charge in [0.15, 0.2) is 0 Å². The molecule has 0 spiro atoms. The van der Waals surface area contributed by atoms with Gasteiger partial charge in [0, 0.05) is 19.4 Å². The van der Waals surface area contributed by atoms with Crippen molar-refractivity contribution >= 4 is 10.9 Å². The molecule has 0 N–H and O–H groups in total. The highest BCUT2D eigenvalue weighted by Crippen LogP contribution is 2.33. The zero-order valence-electron chi connectivity index (χ0n) is 22.3. The van der Waals surface area contributed by atoms with Gasteiger partial charge in [-0.25, -0.2) is 0 Å². The number of hydrogen-bond acceptors (Lipinski definition) is 0. The highest BCUT2D eigenvalue weighted by atomic mass is 14.9. The molecule has 3 aromatic rings. The largest absolute Gasteiger partial charge is 0.343 e. The molecular formula is C31H51N. The average molecular weight is 438 g/mol. The molecule has 0 bridgehead atoms. The lowest BCUT2D eigenvalue weighted by molar-refractivity contribution is 0.392. The topological polar surface area (TPSA) is 4.93 Å². The van der Waals surface area contributed by atoms with Gasteiger partial charge in [-0.05, 0) is 54.5 Å². The maximum absolute atomic E-state index is 2.42. The van der Waals surface area contributed by atoms with Gasteiger partial charge in [-0.1, -0.05) is 116 Å². The molecule has 0 aliphatic carbocycles. The highest BCUT2D eigenvalue weighted by molar-refractivity contribution is 5.91. The van der Waals surface area contributed by atoms with Crippen LogP contribution in [0, 0.1) is 12.8 Å². The lowest BCUT2D eigenvalue weighted by Gasteiger charge is -2.16. The summed E-state index contributed by atoms with van der Waals surface area (Å²) in [5.41, 5.74) is 6.89. The molecule has 0 aliphatic heterocycles. The van der Waals surface area contributed by atoms with Crippen molar-refractivity contribution in [2.45, 2.75) is 99.8 Å². The molecule has 1 heterocycles. The van der Waals surface area contributed by atoms with Crippen molar-refractivity contribution in [3.63, 3.8) is 0 Å². The Balaban J connectivity index is 0.00000194. The Hall–Kier alpha value is -2.02. The molecule has 0 aliphatic rings. The molecule has 0 saturated carbocycles. The van der Waals surface area contributed by atoms with E-state index < -0.39 is 0 Å². The Morgan fingerprint density at radius 2 is 1.50 bits per heavy atom. The van der Waals surface area contributed by atoms with Crippen molar-refractivity contribution < 1.29 is 1.43 Å². The summed E-state index contributed by atoms with van der Waals surface area (Å²) in [4.78, 5) is 0. The first-order valence-corrected chi connectivity index (χ1v) is 13.3. The van der Waals surface area contributed by atoms with Gasteiger partial charge in [-0.3, -0.25) is 0 Å². The second kappa shape index (κ2) is 15.7. The van der Waals surface area contributed by atoms with Crippen molar-refractivity contribution in [1.29, 1.82) is 0 Å². The van der Waals surface area contributed by atoms with Crippen LogP contribution in [0.5, 0.6) is 0 Å². The fraction of sp³-hybridized carbons (Fsp3) is 0.548. The van der Waals surface area contributed by atoms with Gasteiger partial charge in [0.1, 0.15) is 0 Å². The van der Waals surface area contributed by atoms with E-state index in [1.54, 1.807) is 0 Å². The van der Waals surface area contributed by atoms with Crippen molar-refractivity contribution in [2.24, 2.45) is 13.0 Å². The van der Waals surface area contributed by atoms with Gasteiger partial charge in [-0.2, -0.15) is 0 Å². The maximum Gasteiger partial charge on any atom is 0.0518 e. The molecule has 0 amide bonds. The van der Waals surface area contributed by atoms with Crippen LogP contribution in [-0.4, -0.2) is 4.57 Å². The molecule has 1 nitrogen and oxygen atoms in total. The number of aryl methyl sites for hydroxylation is 3. The van der Waals surface area contributed by atoms with Crippen molar-refractivity contribution in [1.82, 2.24) is 4.57 Å². The Morgan fingerprint density at radius 1 is 0.812 bits per heavy atom.